The van der Waals surface area contributed by atoms with Crippen molar-refractivity contribution >= 4 is 27.7 Å². The minimum Gasteiger partial charge on any atom is -0.496 e. The molecule has 2 aromatic carbocycles. The maximum Gasteiger partial charge on any atom is 0.124 e. The Bertz CT molecular complexity index is 571. The molecule has 2 nitrogen and oxygen atoms in total. The fourth-order valence-electron chi connectivity index (χ4n) is 1.99. The lowest BCUT2D eigenvalue weighted by Crippen LogP contribution is -2.14. The Morgan fingerprint density at radius 1 is 1.15 bits per heavy atom. The number of halogens is 1. The molecule has 0 aliphatic heterocycles. The Kier molecular flexibility index (Phi) is 5.52. The molecule has 1 atom stereocenters. The van der Waals surface area contributed by atoms with E-state index in [-0.39, 0.29) is 6.04 Å². The zero-order valence-corrected chi connectivity index (χ0v) is 14.2. The first-order chi connectivity index (χ1) is 9.65. The molecule has 4 heteroatoms. The van der Waals surface area contributed by atoms with Gasteiger partial charge in [-0.1, -0.05) is 33.8 Å². The molecule has 1 N–H and O–H groups in total. The Balaban J connectivity index is 2.37. The van der Waals surface area contributed by atoms with E-state index in [1.807, 2.05) is 19.2 Å². The zero-order valence-electron chi connectivity index (χ0n) is 11.8. The van der Waals surface area contributed by atoms with Gasteiger partial charge < -0.3 is 10.1 Å². The van der Waals surface area contributed by atoms with Gasteiger partial charge in [0, 0.05) is 25.9 Å². The van der Waals surface area contributed by atoms with Crippen molar-refractivity contribution in [2.24, 2.45) is 0 Å². The van der Waals surface area contributed by atoms with E-state index in [4.69, 9.17) is 4.74 Å². The highest BCUT2D eigenvalue weighted by Crippen LogP contribution is 2.38. The molecule has 0 aliphatic carbocycles. The molecular weight excluding hydrogens is 334 g/mol. The summed E-state index contributed by atoms with van der Waals surface area (Å²) in [5.41, 5.74) is 1.20. The van der Waals surface area contributed by atoms with E-state index >= 15 is 0 Å². The van der Waals surface area contributed by atoms with Gasteiger partial charge in [0.1, 0.15) is 5.75 Å². The Morgan fingerprint density at radius 3 is 2.45 bits per heavy atom. The fraction of sp³-hybridized carbons (Fsp3) is 0.250. The second kappa shape index (κ2) is 7.16. The summed E-state index contributed by atoms with van der Waals surface area (Å²) in [5.74, 6) is 0.925. The Labute approximate surface area is 133 Å². The van der Waals surface area contributed by atoms with Crippen LogP contribution in [0.5, 0.6) is 5.75 Å². The molecule has 0 saturated carbocycles. The maximum absolute atomic E-state index is 5.50. The van der Waals surface area contributed by atoms with E-state index in [1.165, 1.54) is 15.4 Å². The van der Waals surface area contributed by atoms with Crippen LogP contribution >= 0.6 is 27.7 Å². The first kappa shape index (κ1) is 15.4. The van der Waals surface area contributed by atoms with E-state index in [1.54, 1.807) is 18.9 Å². The van der Waals surface area contributed by atoms with Crippen molar-refractivity contribution in [3.05, 3.63) is 52.5 Å². The topological polar surface area (TPSA) is 21.3 Å². The highest BCUT2D eigenvalue weighted by Gasteiger charge is 2.15. The van der Waals surface area contributed by atoms with Crippen LogP contribution in [0.1, 0.15) is 18.5 Å². The summed E-state index contributed by atoms with van der Waals surface area (Å²) in [6, 6.07) is 14.8. The predicted molar refractivity (Wildman–Crippen MR) is 88.7 cm³/mol. The van der Waals surface area contributed by atoms with Gasteiger partial charge in [-0.2, -0.15) is 0 Å². The van der Waals surface area contributed by atoms with Gasteiger partial charge >= 0.3 is 0 Å². The molecule has 0 fully saturated rings. The molecule has 0 aliphatic rings. The maximum atomic E-state index is 5.50. The SMILES string of the molecule is CNC(C)c1c(OC)cccc1Sc1ccc(Br)cc1. The molecule has 0 amide bonds. The van der Waals surface area contributed by atoms with Gasteiger partial charge in [0.2, 0.25) is 0 Å². The Morgan fingerprint density at radius 2 is 1.85 bits per heavy atom. The lowest BCUT2D eigenvalue weighted by atomic mass is 10.1. The molecule has 106 valence electrons. The summed E-state index contributed by atoms with van der Waals surface area (Å²) in [6.07, 6.45) is 0. The summed E-state index contributed by atoms with van der Waals surface area (Å²) in [6.45, 7) is 2.14. The van der Waals surface area contributed by atoms with Gasteiger partial charge in [0.15, 0.2) is 0 Å². The van der Waals surface area contributed by atoms with Crippen LogP contribution in [0.2, 0.25) is 0 Å². The number of benzene rings is 2. The van der Waals surface area contributed by atoms with Gasteiger partial charge in [-0.3, -0.25) is 0 Å². The van der Waals surface area contributed by atoms with Crippen molar-refractivity contribution in [1.82, 2.24) is 5.32 Å². The van der Waals surface area contributed by atoms with Crippen LogP contribution in [0.3, 0.4) is 0 Å². The number of hydrogen-bond donors (Lipinski definition) is 1. The van der Waals surface area contributed by atoms with E-state index in [9.17, 15) is 0 Å². The molecule has 0 saturated heterocycles. The minimum atomic E-state index is 0.240. The summed E-state index contributed by atoms with van der Waals surface area (Å²) < 4.78 is 6.60. The number of methoxy groups -OCH3 is 1. The van der Waals surface area contributed by atoms with Crippen LogP contribution < -0.4 is 10.1 Å². The van der Waals surface area contributed by atoms with E-state index in [2.05, 4.69) is 58.5 Å². The first-order valence-corrected chi connectivity index (χ1v) is 8.04. The lowest BCUT2D eigenvalue weighted by molar-refractivity contribution is 0.401. The van der Waals surface area contributed by atoms with Crippen LogP contribution in [-0.2, 0) is 0 Å². The number of nitrogens with one attached hydrogen (secondary N) is 1. The quantitative estimate of drug-likeness (QED) is 0.828. The smallest absolute Gasteiger partial charge is 0.124 e. The monoisotopic (exact) mass is 351 g/mol. The van der Waals surface area contributed by atoms with Crippen LogP contribution in [0, 0.1) is 0 Å². The van der Waals surface area contributed by atoms with Crippen LogP contribution in [0.15, 0.2) is 56.7 Å². The number of hydrogen-bond acceptors (Lipinski definition) is 3. The third-order valence-electron chi connectivity index (χ3n) is 3.15. The molecular formula is C16H18BrNOS. The van der Waals surface area contributed by atoms with Crippen molar-refractivity contribution in [1.29, 1.82) is 0 Å². The van der Waals surface area contributed by atoms with Gasteiger partial charge in [-0.25, -0.2) is 0 Å². The van der Waals surface area contributed by atoms with Crippen molar-refractivity contribution in [3.8, 4) is 5.75 Å². The predicted octanol–water partition coefficient (Wildman–Crippen LogP) is 4.89. The molecule has 1 unspecified atom stereocenters. The third-order valence-corrected chi connectivity index (χ3v) is 4.77. The first-order valence-electron chi connectivity index (χ1n) is 6.43. The van der Waals surface area contributed by atoms with Gasteiger partial charge in [-0.15, -0.1) is 0 Å². The fourth-order valence-corrected chi connectivity index (χ4v) is 3.32. The number of ether oxygens (including phenoxy) is 1. The van der Waals surface area contributed by atoms with Crippen molar-refractivity contribution < 1.29 is 4.74 Å². The van der Waals surface area contributed by atoms with Crippen molar-refractivity contribution in [3.63, 3.8) is 0 Å². The van der Waals surface area contributed by atoms with E-state index < -0.39 is 0 Å². The molecule has 0 spiro atoms. The summed E-state index contributed by atoms with van der Waals surface area (Å²) in [5, 5.41) is 3.29. The van der Waals surface area contributed by atoms with E-state index in [0.29, 0.717) is 0 Å². The van der Waals surface area contributed by atoms with Gasteiger partial charge in [-0.05, 0) is 50.4 Å². The van der Waals surface area contributed by atoms with Crippen molar-refractivity contribution in [2.75, 3.05) is 14.2 Å². The van der Waals surface area contributed by atoms with Crippen LogP contribution in [-0.4, -0.2) is 14.2 Å². The summed E-state index contributed by atoms with van der Waals surface area (Å²) in [4.78, 5) is 2.43. The minimum absolute atomic E-state index is 0.240. The zero-order chi connectivity index (χ0) is 14.5. The van der Waals surface area contributed by atoms with Gasteiger partial charge in [0.25, 0.3) is 0 Å². The molecule has 20 heavy (non-hydrogen) atoms. The largest absolute Gasteiger partial charge is 0.496 e. The second-order valence-electron chi connectivity index (χ2n) is 4.44. The molecule has 0 heterocycles. The van der Waals surface area contributed by atoms with Crippen LogP contribution in [0.4, 0.5) is 0 Å². The molecule has 0 bridgehead atoms. The van der Waals surface area contributed by atoms with Crippen molar-refractivity contribution in [2.45, 2.75) is 22.8 Å². The molecule has 2 aromatic rings. The molecule has 0 aromatic heterocycles. The Hall–Kier alpha value is -0.970. The molecule has 2 rings (SSSR count). The lowest BCUT2D eigenvalue weighted by Gasteiger charge is -2.19. The standard InChI is InChI=1S/C16H18BrNOS/c1-11(18-2)16-14(19-3)5-4-6-15(16)20-13-9-7-12(17)8-10-13/h4-11,18H,1-3H3. The number of rotatable bonds is 5. The molecule has 0 radical (unpaired) electrons. The second-order valence-corrected chi connectivity index (χ2v) is 6.47. The highest BCUT2D eigenvalue weighted by molar-refractivity contribution is 9.10. The van der Waals surface area contributed by atoms with Crippen LogP contribution in [0.25, 0.3) is 0 Å². The average molecular weight is 352 g/mol. The summed E-state index contributed by atoms with van der Waals surface area (Å²) >= 11 is 5.22. The average Bonchev–Trinajstić information content (AvgIpc) is 2.48. The normalized spacial score (nSPS) is 12.2. The summed E-state index contributed by atoms with van der Waals surface area (Å²) in [7, 11) is 3.68. The third kappa shape index (κ3) is 3.57. The van der Waals surface area contributed by atoms with E-state index in [0.717, 1.165) is 10.2 Å². The van der Waals surface area contributed by atoms with Gasteiger partial charge in [0.05, 0.1) is 7.11 Å². The highest BCUT2D eigenvalue weighted by atomic mass is 79.9.